The van der Waals surface area contributed by atoms with Gasteiger partial charge in [0.25, 0.3) is 5.91 Å². The molecule has 1 heterocycles. The fourth-order valence-corrected chi connectivity index (χ4v) is 2.67. The molecule has 1 amide bonds. The summed E-state index contributed by atoms with van der Waals surface area (Å²) in [4.78, 5) is 14.3. The van der Waals surface area contributed by atoms with Gasteiger partial charge in [-0.05, 0) is 63.0 Å². The summed E-state index contributed by atoms with van der Waals surface area (Å²) < 4.78 is 13.2. The second-order valence-corrected chi connectivity index (χ2v) is 5.28. The first kappa shape index (κ1) is 14.0. The van der Waals surface area contributed by atoms with Gasteiger partial charge in [-0.1, -0.05) is 0 Å². The number of carbonyl (C=O) groups excluding carboxylic acids is 1. The van der Waals surface area contributed by atoms with Gasteiger partial charge in [-0.3, -0.25) is 4.79 Å². The lowest BCUT2D eigenvalue weighted by atomic mass is 9.97. The number of likely N-dealkylation sites (tertiary alicyclic amines) is 1. The summed E-state index contributed by atoms with van der Waals surface area (Å²) in [6.45, 7) is 4.21. The number of rotatable bonds is 3. The SMILES string of the molecule is CNC[C@H]1CCCN(C(=O)c2ccc(F)c(C)c2)C1. The van der Waals surface area contributed by atoms with Gasteiger partial charge in [0.2, 0.25) is 0 Å². The molecule has 1 atom stereocenters. The smallest absolute Gasteiger partial charge is 0.253 e. The summed E-state index contributed by atoms with van der Waals surface area (Å²) in [6.07, 6.45) is 2.20. The van der Waals surface area contributed by atoms with E-state index >= 15 is 0 Å². The van der Waals surface area contributed by atoms with E-state index in [0.717, 1.165) is 32.5 Å². The lowest BCUT2D eigenvalue weighted by Gasteiger charge is -2.32. The fraction of sp³-hybridized carbons (Fsp3) is 0.533. The molecule has 1 aliphatic rings. The molecule has 0 bridgehead atoms. The number of hydrogen-bond acceptors (Lipinski definition) is 2. The van der Waals surface area contributed by atoms with E-state index in [0.29, 0.717) is 17.0 Å². The molecule has 0 aromatic heterocycles. The molecule has 0 spiro atoms. The molecule has 104 valence electrons. The molecule has 0 radical (unpaired) electrons. The van der Waals surface area contributed by atoms with Crippen LogP contribution in [-0.4, -0.2) is 37.5 Å². The Balaban J connectivity index is 2.08. The van der Waals surface area contributed by atoms with E-state index in [1.807, 2.05) is 11.9 Å². The van der Waals surface area contributed by atoms with Gasteiger partial charge in [0.05, 0.1) is 0 Å². The van der Waals surface area contributed by atoms with Gasteiger partial charge < -0.3 is 10.2 Å². The number of carbonyl (C=O) groups is 1. The number of nitrogens with one attached hydrogen (secondary N) is 1. The van der Waals surface area contributed by atoms with Crippen molar-refractivity contribution in [1.29, 1.82) is 0 Å². The Morgan fingerprint density at radius 2 is 2.32 bits per heavy atom. The first-order valence-electron chi connectivity index (χ1n) is 6.82. The minimum absolute atomic E-state index is 0.0175. The standard InChI is InChI=1S/C15H21FN2O/c1-11-8-13(5-6-14(11)16)15(19)18-7-3-4-12(10-18)9-17-2/h5-6,8,12,17H,3-4,7,9-10H2,1-2H3/t12-/m1/s1. The summed E-state index contributed by atoms with van der Waals surface area (Å²) in [7, 11) is 1.93. The molecular weight excluding hydrogens is 243 g/mol. The van der Waals surface area contributed by atoms with Crippen LogP contribution in [0.5, 0.6) is 0 Å². The summed E-state index contributed by atoms with van der Waals surface area (Å²) >= 11 is 0. The number of aryl methyl sites for hydroxylation is 1. The maximum atomic E-state index is 13.2. The van der Waals surface area contributed by atoms with Crippen LogP contribution in [-0.2, 0) is 0 Å². The molecule has 1 aromatic carbocycles. The van der Waals surface area contributed by atoms with Crippen molar-refractivity contribution in [2.45, 2.75) is 19.8 Å². The summed E-state index contributed by atoms with van der Waals surface area (Å²) in [5.41, 5.74) is 1.11. The van der Waals surface area contributed by atoms with Crippen LogP contribution in [0.1, 0.15) is 28.8 Å². The van der Waals surface area contributed by atoms with Crippen LogP contribution in [0, 0.1) is 18.7 Å². The maximum absolute atomic E-state index is 13.2. The summed E-state index contributed by atoms with van der Waals surface area (Å²) in [6, 6.07) is 4.59. The van der Waals surface area contributed by atoms with E-state index in [9.17, 15) is 9.18 Å². The van der Waals surface area contributed by atoms with Gasteiger partial charge in [-0.15, -0.1) is 0 Å². The zero-order chi connectivity index (χ0) is 13.8. The molecule has 1 saturated heterocycles. The highest BCUT2D eigenvalue weighted by molar-refractivity contribution is 5.94. The van der Waals surface area contributed by atoms with E-state index in [1.165, 1.54) is 6.07 Å². The predicted molar refractivity (Wildman–Crippen MR) is 73.7 cm³/mol. The Hall–Kier alpha value is -1.42. The molecular formula is C15H21FN2O. The Bertz CT molecular complexity index is 459. The third kappa shape index (κ3) is 3.32. The van der Waals surface area contributed by atoms with Gasteiger partial charge in [0.1, 0.15) is 5.82 Å². The van der Waals surface area contributed by atoms with Gasteiger partial charge in [-0.2, -0.15) is 0 Å². The van der Waals surface area contributed by atoms with Crippen LogP contribution < -0.4 is 5.32 Å². The van der Waals surface area contributed by atoms with E-state index in [2.05, 4.69) is 5.32 Å². The van der Waals surface area contributed by atoms with Crippen molar-refractivity contribution in [3.8, 4) is 0 Å². The van der Waals surface area contributed by atoms with Gasteiger partial charge in [-0.25, -0.2) is 4.39 Å². The van der Waals surface area contributed by atoms with E-state index in [1.54, 1.807) is 19.1 Å². The maximum Gasteiger partial charge on any atom is 0.253 e. The molecule has 0 aliphatic carbocycles. The molecule has 1 aromatic rings. The lowest BCUT2D eigenvalue weighted by molar-refractivity contribution is 0.0674. The number of amides is 1. The molecule has 4 heteroatoms. The molecule has 0 unspecified atom stereocenters. The largest absolute Gasteiger partial charge is 0.338 e. The Kier molecular flexibility index (Phi) is 4.53. The van der Waals surface area contributed by atoms with Crippen molar-refractivity contribution in [3.05, 3.63) is 35.1 Å². The van der Waals surface area contributed by atoms with Crippen LogP contribution >= 0.6 is 0 Å². The van der Waals surface area contributed by atoms with Gasteiger partial charge >= 0.3 is 0 Å². The normalized spacial score (nSPS) is 19.5. The number of hydrogen-bond donors (Lipinski definition) is 1. The minimum atomic E-state index is -0.261. The Morgan fingerprint density at radius 1 is 1.53 bits per heavy atom. The van der Waals surface area contributed by atoms with E-state index in [4.69, 9.17) is 0 Å². The quantitative estimate of drug-likeness (QED) is 0.907. The van der Waals surface area contributed by atoms with Crippen LogP contribution in [0.3, 0.4) is 0 Å². The number of nitrogens with zero attached hydrogens (tertiary/aromatic N) is 1. The van der Waals surface area contributed by atoms with Crippen molar-refractivity contribution < 1.29 is 9.18 Å². The lowest BCUT2D eigenvalue weighted by Crippen LogP contribution is -2.42. The molecule has 2 rings (SSSR count). The third-order valence-electron chi connectivity index (χ3n) is 3.70. The fourth-order valence-electron chi connectivity index (χ4n) is 2.67. The van der Waals surface area contributed by atoms with Crippen molar-refractivity contribution in [3.63, 3.8) is 0 Å². The monoisotopic (exact) mass is 264 g/mol. The number of piperidine rings is 1. The third-order valence-corrected chi connectivity index (χ3v) is 3.70. The average Bonchev–Trinajstić information content (AvgIpc) is 2.42. The van der Waals surface area contributed by atoms with Crippen molar-refractivity contribution >= 4 is 5.91 Å². The summed E-state index contributed by atoms with van der Waals surface area (Å²) in [5, 5.41) is 3.17. The van der Waals surface area contributed by atoms with Crippen LogP contribution in [0.25, 0.3) is 0 Å². The molecule has 1 fully saturated rings. The highest BCUT2D eigenvalue weighted by atomic mass is 19.1. The second-order valence-electron chi connectivity index (χ2n) is 5.28. The highest BCUT2D eigenvalue weighted by Gasteiger charge is 2.24. The van der Waals surface area contributed by atoms with E-state index < -0.39 is 0 Å². The van der Waals surface area contributed by atoms with Crippen molar-refractivity contribution in [2.75, 3.05) is 26.7 Å². The van der Waals surface area contributed by atoms with Crippen LogP contribution in [0.2, 0.25) is 0 Å². The molecule has 0 saturated carbocycles. The molecule has 19 heavy (non-hydrogen) atoms. The highest BCUT2D eigenvalue weighted by Crippen LogP contribution is 2.19. The van der Waals surface area contributed by atoms with Gasteiger partial charge in [0, 0.05) is 18.7 Å². The predicted octanol–water partition coefficient (Wildman–Crippen LogP) is 2.21. The topological polar surface area (TPSA) is 32.3 Å². The molecule has 1 aliphatic heterocycles. The van der Waals surface area contributed by atoms with Crippen LogP contribution in [0.4, 0.5) is 4.39 Å². The molecule has 1 N–H and O–H groups in total. The Labute approximate surface area is 113 Å². The van der Waals surface area contributed by atoms with E-state index in [-0.39, 0.29) is 11.7 Å². The Morgan fingerprint density at radius 3 is 3.00 bits per heavy atom. The van der Waals surface area contributed by atoms with Crippen molar-refractivity contribution in [1.82, 2.24) is 10.2 Å². The average molecular weight is 264 g/mol. The second kappa shape index (κ2) is 6.15. The summed E-state index contributed by atoms with van der Waals surface area (Å²) in [5.74, 6) is 0.274. The number of benzene rings is 1. The van der Waals surface area contributed by atoms with Gasteiger partial charge in [0.15, 0.2) is 0 Å². The first-order chi connectivity index (χ1) is 9.11. The van der Waals surface area contributed by atoms with Crippen molar-refractivity contribution in [2.24, 2.45) is 5.92 Å². The first-order valence-corrected chi connectivity index (χ1v) is 6.82. The molecule has 3 nitrogen and oxygen atoms in total. The zero-order valence-electron chi connectivity index (χ0n) is 11.6. The number of halogens is 1. The van der Waals surface area contributed by atoms with Crippen LogP contribution in [0.15, 0.2) is 18.2 Å². The zero-order valence-corrected chi connectivity index (χ0v) is 11.6. The minimum Gasteiger partial charge on any atom is -0.338 e.